The Balaban J connectivity index is 1.38. The summed E-state index contributed by atoms with van der Waals surface area (Å²) in [6.45, 7) is 4.74. The Morgan fingerprint density at radius 3 is 2.33 bits per heavy atom. The Morgan fingerprint density at radius 1 is 0.926 bits per heavy atom. The quantitative estimate of drug-likeness (QED) is 0.591. The molecule has 27 heavy (non-hydrogen) atoms. The summed E-state index contributed by atoms with van der Waals surface area (Å²) in [4.78, 5) is 31.0. The van der Waals surface area contributed by atoms with Gasteiger partial charge in [-0.1, -0.05) is 6.42 Å². The number of ketones is 1. The minimum Gasteiger partial charge on any atom is -0.368 e. The van der Waals surface area contributed by atoms with E-state index in [4.69, 9.17) is 0 Å². The van der Waals surface area contributed by atoms with Gasteiger partial charge >= 0.3 is 0 Å². The summed E-state index contributed by atoms with van der Waals surface area (Å²) in [6.07, 6.45) is 6.07. The lowest BCUT2D eigenvalue weighted by atomic mass is 10.1. The molecule has 2 aromatic rings. The number of Topliss-reactive ketones (excluding diaryl/α,β-unsaturated/α-hetero) is 1. The van der Waals surface area contributed by atoms with Crippen molar-refractivity contribution in [2.45, 2.75) is 39.0 Å². The third-order valence-corrected chi connectivity index (χ3v) is 6.89. The highest BCUT2D eigenvalue weighted by molar-refractivity contribution is 7.14. The molecule has 4 rings (SSSR count). The van der Waals surface area contributed by atoms with Gasteiger partial charge in [0.2, 0.25) is 0 Å². The second-order valence-corrected chi connectivity index (χ2v) is 8.64. The first-order valence-corrected chi connectivity index (χ1v) is 10.7. The van der Waals surface area contributed by atoms with E-state index in [2.05, 4.69) is 11.0 Å². The average molecular weight is 383 g/mol. The van der Waals surface area contributed by atoms with E-state index in [-0.39, 0.29) is 11.7 Å². The minimum atomic E-state index is 0.0892. The smallest absolute Gasteiger partial charge is 0.264 e. The fraction of sp³-hybridized carbons (Fsp3) is 0.455. The predicted octanol–water partition coefficient (Wildman–Crippen LogP) is 4.18. The van der Waals surface area contributed by atoms with Gasteiger partial charge in [0.15, 0.2) is 5.78 Å². The number of thiophene rings is 1. The highest BCUT2D eigenvalue weighted by Crippen LogP contribution is 2.30. The Bertz CT molecular complexity index is 809. The summed E-state index contributed by atoms with van der Waals surface area (Å²) >= 11 is 1.72. The maximum Gasteiger partial charge on any atom is 0.264 e. The number of carbonyl (C=O) groups is 2. The molecule has 5 heteroatoms. The van der Waals surface area contributed by atoms with Gasteiger partial charge in [-0.05, 0) is 68.5 Å². The molecule has 0 bridgehead atoms. The summed E-state index contributed by atoms with van der Waals surface area (Å²) < 4.78 is 0. The van der Waals surface area contributed by atoms with E-state index in [9.17, 15) is 9.59 Å². The molecule has 1 aromatic carbocycles. The Kier molecular flexibility index (Phi) is 5.30. The van der Waals surface area contributed by atoms with E-state index in [0.717, 1.165) is 55.1 Å². The van der Waals surface area contributed by atoms with E-state index in [1.165, 1.54) is 29.7 Å². The number of fused-ring (bicyclic) bond motifs is 1. The summed E-state index contributed by atoms with van der Waals surface area (Å²) in [6, 6.07) is 9.93. The number of rotatable bonds is 3. The molecule has 0 N–H and O–H groups in total. The maximum absolute atomic E-state index is 12.9. The number of carbonyl (C=O) groups excluding carboxylic acids is 2. The largest absolute Gasteiger partial charge is 0.368 e. The molecule has 1 aliphatic heterocycles. The Hall–Kier alpha value is -2.14. The number of nitrogens with zero attached hydrogens (tertiary/aromatic N) is 2. The van der Waals surface area contributed by atoms with Crippen LogP contribution in [0, 0.1) is 0 Å². The third kappa shape index (κ3) is 3.93. The molecule has 1 aliphatic carbocycles. The van der Waals surface area contributed by atoms with Crippen LogP contribution in [0.15, 0.2) is 30.3 Å². The Morgan fingerprint density at radius 2 is 1.63 bits per heavy atom. The molecule has 0 unspecified atom stereocenters. The molecule has 2 aliphatic rings. The van der Waals surface area contributed by atoms with Crippen molar-refractivity contribution in [3.8, 4) is 0 Å². The van der Waals surface area contributed by atoms with Crippen LogP contribution in [-0.4, -0.2) is 42.8 Å². The SMILES string of the molecule is CC(=O)c1ccc(N2CCN(C(=O)c3cc4c(s3)CCCCC4)CC2)cc1. The standard InChI is InChI=1S/C22H26N2O2S/c1-16(25)17-7-9-19(10-8-17)23-11-13-24(14-12-23)22(26)21-15-18-5-3-2-4-6-20(18)27-21/h7-10,15H,2-6,11-14H2,1H3. The van der Waals surface area contributed by atoms with Crippen LogP contribution in [0.3, 0.4) is 0 Å². The van der Waals surface area contributed by atoms with Gasteiger partial charge < -0.3 is 9.80 Å². The van der Waals surface area contributed by atoms with Crippen LogP contribution < -0.4 is 4.90 Å². The van der Waals surface area contributed by atoms with Crippen molar-refractivity contribution in [2.75, 3.05) is 31.1 Å². The summed E-state index contributed by atoms with van der Waals surface area (Å²) in [5.74, 6) is 0.283. The van der Waals surface area contributed by atoms with Crippen LogP contribution in [0.2, 0.25) is 0 Å². The summed E-state index contributed by atoms with van der Waals surface area (Å²) in [5.41, 5.74) is 3.27. The highest BCUT2D eigenvalue weighted by Gasteiger charge is 2.25. The maximum atomic E-state index is 12.9. The molecule has 2 heterocycles. The zero-order chi connectivity index (χ0) is 18.8. The van der Waals surface area contributed by atoms with Gasteiger partial charge in [0, 0.05) is 42.3 Å². The number of aryl methyl sites for hydroxylation is 2. The first-order valence-electron chi connectivity index (χ1n) is 9.88. The minimum absolute atomic E-state index is 0.0892. The van der Waals surface area contributed by atoms with Gasteiger partial charge in [0.05, 0.1) is 4.88 Å². The van der Waals surface area contributed by atoms with Crippen LogP contribution in [0.5, 0.6) is 0 Å². The molecule has 4 nitrogen and oxygen atoms in total. The molecule has 1 saturated heterocycles. The van der Waals surface area contributed by atoms with Gasteiger partial charge in [0.25, 0.3) is 5.91 Å². The fourth-order valence-electron chi connectivity index (χ4n) is 4.00. The van der Waals surface area contributed by atoms with Crippen LogP contribution >= 0.6 is 11.3 Å². The van der Waals surface area contributed by atoms with Gasteiger partial charge in [0.1, 0.15) is 0 Å². The third-order valence-electron chi connectivity index (χ3n) is 5.66. The predicted molar refractivity (Wildman–Crippen MR) is 110 cm³/mol. The topological polar surface area (TPSA) is 40.6 Å². The lowest BCUT2D eigenvalue weighted by Gasteiger charge is -2.36. The summed E-state index contributed by atoms with van der Waals surface area (Å²) in [7, 11) is 0. The molecule has 0 saturated carbocycles. The van der Waals surface area contributed by atoms with E-state index < -0.39 is 0 Å². The molecule has 1 fully saturated rings. The van der Waals surface area contributed by atoms with Gasteiger partial charge in [-0.3, -0.25) is 9.59 Å². The van der Waals surface area contributed by atoms with E-state index >= 15 is 0 Å². The number of amides is 1. The van der Waals surface area contributed by atoms with Crippen molar-refractivity contribution >= 4 is 28.7 Å². The van der Waals surface area contributed by atoms with Crippen LogP contribution in [0.1, 0.15) is 56.7 Å². The van der Waals surface area contributed by atoms with Gasteiger partial charge in [-0.15, -0.1) is 11.3 Å². The number of benzene rings is 1. The zero-order valence-electron chi connectivity index (χ0n) is 15.9. The van der Waals surface area contributed by atoms with Crippen LogP contribution in [-0.2, 0) is 12.8 Å². The first-order chi connectivity index (χ1) is 13.1. The monoisotopic (exact) mass is 382 g/mol. The molecular weight excluding hydrogens is 356 g/mol. The highest BCUT2D eigenvalue weighted by atomic mass is 32.1. The van der Waals surface area contributed by atoms with Crippen LogP contribution in [0.4, 0.5) is 5.69 Å². The van der Waals surface area contributed by atoms with E-state index in [1.807, 2.05) is 29.2 Å². The zero-order valence-corrected chi connectivity index (χ0v) is 16.7. The Labute approximate surface area is 164 Å². The lowest BCUT2D eigenvalue weighted by Crippen LogP contribution is -2.48. The van der Waals surface area contributed by atoms with Crippen molar-refractivity contribution in [1.82, 2.24) is 4.90 Å². The molecule has 142 valence electrons. The second-order valence-electron chi connectivity index (χ2n) is 7.50. The molecule has 0 atom stereocenters. The van der Waals surface area contributed by atoms with Crippen molar-refractivity contribution in [3.05, 3.63) is 51.2 Å². The molecule has 0 radical (unpaired) electrons. The second kappa shape index (κ2) is 7.85. The number of hydrogen-bond donors (Lipinski definition) is 0. The molecule has 1 aromatic heterocycles. The van der Waals surface area contributed by atoms with Crippen molar-refractivity contribution in [3.63, 3.8) is 0 Å². The summed E-state index contributed by atoms with van der Waals surface area (Å²) in [5, 5.41) is 0. The molecule has 0 spiro atoms. The first kappa shape index (κ1) is 18.2. The van der Waals surface area contributed by atoms with E-state index in [1.54, 1.807) is 18.3 Å². The molecular formula is C22H26N2O2S. The van der Waals surface area contributed by atoms with Gasteiger partial charge in [-0.25, -0.2) is 0 Å². The van der Waals surface area contributed by atoms with E-state index in [0.29, 0.717) is 0 Å². The van der Waals surface area contributed by atoms with Crippen molar-refractivity contribution in [2.24, 2.45) is 0 Å². The normalized spacial score (nSPS) is 17.4. The molecule has 1 amide bonds. The van der Waals surface area contributed by atoms with Crippen LogP contribution in [0.25, 0.3) is 0 Å². The van der Waals surface area contributed by atoms with Crippen molar-refractivity contribution < 1.29 is 9.59 Å². The number of piperazine rings is 1. The average Bonchev–Trinajstić information content (AvgIpc) is 2.98. The number of anilines is 1. The fourth-order valence-corrected chi connectivity index (χ4v) is 5.22. The van der Waals surface area contributed by atoms with Crippen molar-refractivity contribution in [1.29, 1.82) is 0 Å². The lowest BCUT2D eigenvalue weighted by molar-refractivity contribution is 0.0751. The van der Waals surface area contributed by atoms with Gasteiger partial charge in [-0.2, -0.15) is 0 Å². The number of hydrogen-bond acceptors (Lipinski definition) is 4.